The molecule has 2 heterocycles. The topological polar surface area (TPSA) is 87.4 Å². The van der Waals surface area contributed by atoms with Crippen LogP contribution in [0.2, 0.25) is 0 Å². The maximum atomic E-state index is 12.1. The molecule has 0 saturated carbocycles. The first-order chi connectivity index (χ1) is 12.2. The highest BCUT2D eigenvalue weighted by Gasteiger charge is 2.17. The second kappa shape index (κ2) is 8.55. The Morgan fingerprint density at radius 1 is 1.12 bits per heavy atom. The van der Waals surface area contributed by atoms with Crippen LogP contribution >= 0.6 is 0 Å². The summed E-state index contributed by atoms with van der Waals surface area (Å²) in [6.45, 7) is 6.53. The zero-order valence-corrected chi connectivity index (χ0v) is 14.3. The lowest BCUT2D eigenvalue weighted by Gasteiger charge is -2.34. The number of hydrogen-bond donors (Lipinski definition) is 2. The van der Waals surface area contributed by atoms with Gasteiger partial charge >= 0.3 is 0 Å². The van der Waals surface area contributed by atoms with Gasteiger partial charge in [0, 0.05) is 52.0 Å². The van der Waals surface area contributed by atoms with E-state index in [2.05, 4.69) is 49.4 Å². The van der Waals surface area contributed by atoms with Crippen molar-refractivity contribution in [2.24, 2.45) is 0 Å². The van der Waals surface area contributed by atoms with Crippen molar-refractivity contribution in [3.8, 4) is 0 Å². The monoisotopic (exact) mass is 340 g/mol. The predicted molar refractivity (Wildman–Crippen MR) is 96.9 cm³/mol. The highest BCUT2D eigenvalue weighted by molar-refractivity contribution is 5.97. The molecule has 1 aromatic heterocycles. The van der Waals surface area contributed by atoms with Crippen molar-refractivity contribution >= 4 is 11.7 Å². The average Bonchev–Trinajstić information content (AvgIpc) is 2.64. The Bertz CT molecular complexity index is 685. The van der Waals surface area contributed by atoms with Gasteiger partial charge in [0.05, 0.1) is 5.56 Å². The third-order valence-corrected chi connectivity index (χ3v) is 4.42. The zero-order chi connectivity index (χ0) is 17.5. The van der Waals surface area contributed by atoms with Gasteiger partial charge in [0.25, 0.3) is 5.91 Å². The quantitative estimate of drug-likeness (QED) is 0.801. The lowest BCUT2D eigenvalue weighted by atomic mass is 10.2. The Kier molecular flexibility index (Phi) is 5.92. The van der Waals surface area contributed by atoms with Gasteiger partial charge in [0.1, 0.15) is 12.1 Å². The number of nitrogen functional groups attached to an aromatic ring is 1. The highest BCUT2D eigenvalue weighted by Crippen LogP contribution is 2.08. The molecule has 0 atom stereocenters. The Balaban J connectivity index is 1.37. The molecule has 3 N–H and O–H groups in total. The molecule has 7 nitrogen and oxygen atoms in total. The minimum Gasteiger partial charge on any atom is -0.383 e. The van der Waals surface area contributed by atoms with Crippen LogP contribution in [-0.2, 0) is 6.54 Å². The van der Waals surface area contributed by atoms with Crippen molar-refractivity contribution in [2.45, 2.75) is 6.54 Å². The summed E-state index contributed by atoms with van der Waals surface area (Å²) in [6, 6.07) is 10.5. The smallest absolute Gasteiger partial charge is 0.256 e. The number of rotatable bonds is 6. The summed E-state index contributed by atoms with van der Waals surface area (Å²) in [6.07, 6.45) is 2.78. The number of nitrogens with zero attached hydrogens (tertiary/aromatic N) is 4. The molecule has 2 aromatic rings. The normalized spacial score (nSPS) is 15.8. The summed E-state index contributed by atoms with van der Waals surface area (Å²) in [5.74, 6) is -0.0113. The van der Waals surface area contributed by atoms with Gasteiger partial charge in [-0.05, 0) is 5.56 Å². The van der Waals surface area contributed by atoms with Gasteiger partial charge in [-0.2, -0.15) is 0 Å². The van der Waals surface area contributed by atoms with E-state index in [1.54, 1.807) is 0 Å². The first kappa shape index (κ1) is 17.3. The van der Waals surface area contributed by atoms with Crippen molar-refractivity contribution in [1.29, 1.82) is 0 Å². The van der Waals surface area contributed by atoms with Gasteiger partial charge < -0.3 is 11.1 Å². The first-order valence-electron chi connectivity index (χ1n) is 8.54. The molecule has 3 rings (SSSR count). The minimum atomic E-state index is -0.221. The van der Waals surface area contributed by atoms with Gasteiger partial charge in [-0.25, -0.2) is 9.97 Å². The molecule has 1 aliphatic heterocycles. The third kappa shape index (κ3) is 4.98. The van der Waals surface area contributed by atoms with Crippen LogP contribution < -0.4 is 11.1 Å². The van der Waals surface area contributed by atoms with Crippen LogP contribution in [0.4, 0.5) is 5.82 Å². The fourth-order valence-electron chi connectivity index (χ4n) is 2.95. The van der Waals surface area contributed by atoms with E-state index in [1.165, 1.54) is 18.1 Å². The summed E-state index contributed by atoms with van der Waals surface area (Å²) in [4.78, 5) is 24.6. The van der Waals surface area contributed by atoms with E-state index in [0.717, 1.165) is 39.3 Å². The summed E-state index contributed by atoms with van der Waals surface area (Å²) in [5.41, 5.74) is 7.37. The molecule has 1 aromatic carbocycles. The molecule has 0 unspecified atom stereocenters. The van der Waals surface area contributed by atoms with E-state index in [-0.39, 0.29) is 11.7 Å². The van der Waals surface area contributed by atoms with Crippen molar-refractivity contribution in [1.82, 2.24) is 25.1 Å². The summed E-state index contributed by atoms with van der Waals surface area (Å²) < 4.78 is 0. The van der Waals surface area contributed by atoms with Gasteiger partial charge in [-0.15, -0.1) is 0 Å². The average molecular weight is 340 g/mol. The van der Waals surface area contributed by atoms with Crippen molar-refractivity contribution in [3.63, 3.8) is 0 Å². The number of benzene rings is 1. The lowest BCUT2D eigenvalue weighted by molar-refractivity contribution is 0.0934. The van der Waals surface area contributed by atoms with Crippen LogP contribution in [0.3, 0.4) is 0 Å². The fourth-order valence-corrected chi connectivity index (χ4v) is 2.95. The number of aromatic nitrogens is 2. The minimum absolute atomic E-state index is 0.210. The summed E-state index contributed by atoms with van der Waals surface area (Å²) in [5, 5.41) is 2.88. The molecule has 25 heavy (non-hydrogen) atoms. The van der Waals surface area contributed by atoms with Crippen LogP contribution in [0.25, 0.3) is 0 Å². The number of amides is 1. The first-order valence-corrected chi connectivity index (χ1v) is 8.54. The van der Waals surface area contributed by atoms with E-state index in [4.69, 9.17) is 5.73 Å². The number of nitrogens with one attached hydrogen (secondary N) is 1. The molecular weight excluding hydrogens is 316 g/mol. The maximum Gasteiger partial charge on any atom is 0.256 e. The lowest BCUT2D eigenvalue weighted by Crippen LogP contribution is -2.48. The number of nitrogens with two attached hydrogens (primary N) is 1. The van der Waals surface area contributed by atoms with Crippen LogP contribution in [0.1, 0.15) is 15.9 Å². The van der Waals surface area contributed by atoms with Crippen LogP contribution in [0.15, 0.2) is 42.9 Å². The highest BCUT2D eigenvalue weighted by atomic mass is 16.1. The summed E-state index contributed by atoms with van der Waals surface area (Å²) >= 11 is 0. The number of carbonyl (C=O) groups is 1. The Hall–Kier alpha value is -2.51. The molecular formula is C18H24N6O. The number of carbonyl (C=O) groups excluding carboxylic acids is 1. The summed E-state index contributed by atoms with van der Waals surface area (Å²) in [7, 11) is 0. The van der Waals surface area contributed by atoms with E-state index in [0.29, 0.717) is 12.1 Å². The van der Waals surface area contributed by atoms with Crippen LogP contribution in [0, 0.1) is 0 Å². The van der Waals surface area contributed by atoms with Crippen LogP contribution in [0.5, 0.6) is 0 Å². The van der Waals surface area contributed by atoms with Crippen molar-refractivity contribution in [2.75, 3.05) is 45.0 Å². The van der Waals surface area contributed by atoms with E-state index in [9.17, 15) is 4.79 Å². The Morgan fingerprint density at radius 2 is 1.84 bits per heavy atom. The largest absolute Gasteiger partial charge is 0.383 e. The molecule has 1 aliphatic rings. The van der Waals surface area contributed by atoms with Gasteiger partial charge in [-0.3, -0.25) is 14.6 Å². The molecule has 0 radical (unpaired) electrons. The third-order valence-electron chi connectivity index (χ3n) is 4.42. The number of anilines is 1. The van der Waals surface area contributed by atoms with Gasteiger partial charge in [0.2, 0.25) is 0 Å². The Labute approximate surface area is 147 Å². The second-order valence-electron chi connectivity index (χ2n) is 6.18. The fraction of sp³-hybridized carbons (Fsp3) is 0.389. The Morgan fingerprint density at radius 3 is 2.56 bits per heavy atom. The standard InChI is InChI=1S/C18H24N6O/c19-17-16(12-20-14-22-17)18(25)21-6-7-23-8-10-24(11-9-23)13-15-4-2-1-3-5-15/h1-5,12,14H,6-11,13H2,(H,21,25)(H2,19,20,22). The molecule has 0 spiro atoms. The van der Waals surface area contributed by atoms with E-state index >= 15 is 0 Å². The molecule has 1 amide bonds. The van der Waals surface area contributed by atoms with Crippen LogP contribution in [-0.4, -0.2) is 64.9 Å². The van der Waals surface area contributed by atoms with Gasteiger partial charge in [-0.1, -0.05) is 30.3 Å². The van der Waals surface area contributed by atoms with E-state index < -0.39 is 0 Å². The molecule has 7 heteroatoms. The molecule has 0 aliphatic carbocycles. The predicted octanol–water partition coefficient (Wildman–Crippen LogP) is 0.606. The maximum absolute atomic E-state index is 12.1. The van der Waals surface area contributed by atoms with Crippen molar-refractivity contribution < 1.29 is 4.79 Å². The van der Waals surface area contributed by atoms with Crippen molar-refractivity contribution in [3.05, 3.63) is 54.0 Å². The molecule has 1 saturated heterocycles. The SMILES string of the molecule is Nc1ncncc1C(=O)NCCN1CCN(Cc2ccccc2)CC1. The zero-order valence-electron chi connectivity index (χ0n) is 14.3. The van der Waals surface area contributed by atoms with Gasteiger partial charge in [0.15, 0.2) is 0 Å². The number of hydrogen-bond acceptors (Lipinski definition) is 6. The number of piperazine rings is 1. The van der Waals surface area contributed by atoms with E-state index in [1.807, 2.05) is 6.07 Å². The molecule has 1 fully saturated rings. The molecule has 0 bridgehead atoms. The molecule has 132 valence electrons. The second-order valence-corrected chi connectivity index (χ2v) is 6.18.